The van der Waals surface area contributed by atoms with Crippen LogP contribution in [0.1, 0.15) is 22.2 Å². The molecule has 2 rings (SSSR count). The predicted molar refractivity (Wildman–Crippen MR) is 100 cm³/mol. The van der Waals surface area contributed by atoms with Crippen LogP contribution in [0.15, 0.2) is 42.5 Å². The number of carbonyl (C=O) groups is 2. The van der Waals surface area contributed by atoms with Gasteiger partial charge in [0.25, 0.3) is 5.91 Å². The zero-order valence-electron chi connectivity index (χ0n) is 14.3. The number of ether oxygens (including phenoxy) is 2. The Bertz CT molecular complexity index is 646. The number of carbonyl (C=O) groups excluding carboxylic acids is 2. The molecule has 0 saturated carbocycles. The maximum atomic E-state index is 11.0. The lowest BCUT2D eigenvalue weighted by atomic mass is 10.2. The molecule has 1 aromatic carbocycles. The monoisotopic (exact) mass is 383 g/mol. The largest absolute Gasteiger partial charge is 0.464 e. The Kier molecular flexibility index (Phi) is 10.6. The SMILES string of the molecule is CCOCC(=O)OCCc1ccccc1.CNC(=O)c1ccc(Cl)s1. The number of hydrogen-bond donors (Lipinski definition) is 1. The first-order valence-corrected chi connectivity index (χ1v) is 9.01. The van der Waals surface area contributed by atoms with E-state index in [2.05, 4.69) is 5.32 Å². The van der Waals surface area contributed by atoms with Crippen molar-refractivity contribution in [3.05, 3.63) is 57.2 Å². The van der Waals surface area contributed by atoms with Crippen LogP contribution in [0.25, 0.3) is 0 Å². The van der Waals surface area contributed by atoms with E-state index in [1.807, 2.05) is 37.3 Å². The Labute approximate surface area is 156 Å². The van der Waals surface area contributed by atoms with Crippen molar-refractivity contribution >= 4 is 34.8 Å². The van der Waals surface area contributed by atoms with Gasteiger partial charge in [0.1, 0.15) is 6.61 Å². The molecule has 0 radical (unpaired) electrons. The summed E-state index contributed by atoms with van der Waals surface area (Å²) in [7, 11) is 1.59. The van der Waals surface area contributed by atoms with E-state index in [0.29, 0.717) is 22.4 Å². The van der Waals surface area contributed by atoms with Gasteiger partial charge in [0.05, 0.1) is 15.8 Å². The van der Waals surface area contributed by atoms with Crippen LogP contribution in [0.3, 0.4) is 0 Å². The normalized spacial score (nSPS) is 9.72. The van der Waals surface area contributed by atoms with Gasteiger partial charge >= 0.3 is 5.97 Å². The zero-order chi connectivity index (χ0) is 18.5. The second-order valence-corrected chi connectivity index (χ2v) is 6.49. The summed E-state index contributed by atoms with van der Waals surface area (Å²) in [5, 5.41) is 2.51. The topological polar surface area (TPSA) is 64.6 Å². The van der Waals surface area contributed by atoms with Crippen LogP contribution >= 0.6 is 22.9 Å². The van der Waals surface area contributed by atoms with Crippen molar-refractivity contribution in [2.45, 2.75) is 13.3 Å². The van der Waals surface area contributed by atoms with Crippen molar-refractivity contribution in [3.8, 4) is 0 Å². The van der Waals surface area contributed by atoms with Crippen LogP contribution in [0.4, 0.5) is 0 Å². The number of esters is 1. The summed E-state index contributed by atoms with van der Waals surface area (Å²) in [6.45, 7) is 2.84. The molecule has 1 heterocycles. The molecule has 0 bridgehead atoms. The van der Waals surface area contributed by atoms with Gasteiger partial charge in [0, 0.05) is 20.1 Å². The molecule has 1 N–H and O–H groups in total. The van der Waals surface area contributed by atoms with Crippen molar-refractivity contribution < 1.29 is 19.1 Å². The van der Waals surface area contributed by atoms with Gasteiger partial charge in [0.15, 0.2) is 0 Å². The standard InChI is InChI=1S/C12H16O3.C6H6ClNOS/c1-2-14-10-12(13)15-9-8-11-6-4-3-5-7-11;1-8-6(9)4-2-3-5(7)10-4/h3-7H,2,8-10H2,1H3;2-3H,1H3,(H,8,9). The van der Waals surface area contributed by atoms with Crippen LogP contribution in [0.2, 0.25) is 4.34 Å². The van der Waals surface area contributed by atoms with Gasteiger partial charge in [-0.3, -0.25) is 4.79 Å². The van der Waals surface area contributed by atoms with E-state index >= 15 is 0 Å². The first-order valence-electron chi connectivity index (χ1n) is 7.81. The lowest BCUT2D eigenvalue weighted by molar-refractivity contribution is -0.148. The molecule has 0 unspecified atom stereocenters. The highest BCUT2D eigenvalue weighted by Crippen LogP contribution is 2.20. The Hall–Kier alpha value is -1.89. The number of rotatable bonds is 7. The second-order valence-electron chi connectivity index (χ2n) is 4.78. The molecule has 25 heavy (non-hydrogen) atoms. The zero-order valence-corrected chi connectivity index (χ0v) is 15.9. The predicted octanol–water partition coefficient (Wildman–Crippen LogP) is 3.57. The molecule has 0 aliphatic carbocycles. The van der Waals surface area contributed by atoms with Crippen molar-refractivity contribution in [2.24, 2.45) is 0 Å². The van der Waals surface area contributed by atoms with Crippen molar-refractivity contribution in [2.75, 3.05) is 26.9 Å². The number of hydrogen-bond acceptors (Lipinski definition) is 5. The highest BCUT2D eigenvalue weighted by atomic mass is 35.5. The van der Waals surface area contributed by atoms with Crippen LogP contribution in [-0.2, 0) is 20.7 Å². The Morgan fingerprint density at radius 1 is 1.16 bits per heavy atom. The summed E-state index contributed by atoms with van der Waals surface area (Å²) in [6, 6.07) is 13.3. The minimum atomic E-state index is -0.298. The van der Waals surface area contributed by atoms with E-state index < -0.39 is 0 Å². The van der Waals surface area contributed by atoms with Gasteiger partial charge in [-0.15, -0.1) is 11.3 Å². The number of benzene rings is 1. The fourth-order valence-electron chi connectivity index (χ4n) is 1.71. The maximum absolute atomic E-state index is 11.0. The molecule has 0 spiro atoms. The summed E-state index contributed by atoms with van der Waals surface area (Å²) >= 11 is 6.87. The third kappa shape index (κ3) is 9.24. The lowest BCUT2D eigenvalue weighted by Crippen LogP contribution is -2.15. The third-order valence-electron chi connectivity index (χ3n) is 2.94. The van der Waals surface area contributed by atoms with Crippen molar-refractivity contribution in [1.29, 1.82) is 0 Å². The third-order valence-corrected chi connectivity index (χ3v) is 4.17. The molecular formula is C18H22ClNO4S. The molecule has 7 heteroatoms. The van der Waals surface area contributed by atoms with Gasteiger partial charge in [0.2, 0.25) is 0 Å². The fraction of sp³-hybridized carbons (Fsp3) is 0.333. The minimum absolute atomic E-state index is 0.0469. The molecule has 0 fully saturated rings. The second kappa shape index (κ2) is 12.5. The van der Waals surface area contributed by atoms with E-state index in [0.717, 1.165) is 6.42 Å². The summed E-state index contributed by atoms with van der Waals surface area (Å²) in [6.07, 6.45) is 0.749. The molecular weight excluding hydrogens is 362 g/mol. The van der Waals surface area contributed by atoms with Crippen molar-refractivity contribution in [3.63, 3.8) is 0 Å². The molecule has 1 aromatic heterocycles. The van der Waals surface area contributed by atoms with E-state index in [1.54, 1.807) is 19.2 Å². The number of thiophene rings is 1. The molecule has 0 aliphatic heterocycles. The van der Waals surface area contributed by atoms with Crippen LogP contribution < -0.4 is 5.32 Å². The summed E-state index contributed by atoms with van der Waals surface area (Å²) < 4.78 is 10.5. The van der Waals surface area contributed by atoms with Gasteiger partial charge in [-0.05, 0) is 24.6 Å². The molecule has 136 valence electrons. The molecule has 0 aliphatic rings. The first-order chi connectivity index (χ1) is 12.1. The van der Waals surface area contributed by atoms with Gasteiger partial charge in [-0.2, -0.15) is 0 Å². The van der Waals surface area contributed by atoms with Gasteiger partial charge in [-0.25, -0.2) is 4.79 Å². The van der Waals surface area contributed by atoms with E-state index in [1.165, 1.54) is 16.9 Å². The maximum Gasteiger partial charge on any atom is 0.332 e. The summed E-state index contributed by atoms with van der Waals surface area (Å²) in [5.74, 6) is -0.385. The first kappa shape index (κ1) is 21.2. The molecule has 0 atom stereocenters. The number of halogens is 1. The molecule has 0 saturated heterocycles. The van der Waals surface area contributed by atoms with Crippen LogP contribution in [0.5, 0.6) is 0 Å². The Morgan fingerprint density at radius 3 is 2.44 bits per heavy atom. The lowest BCUT2D eigenvalue weighted by Gasteiger charge is -2.04. The molecule has 2 aromatic rings. The van der Waals surface area contributed by atoms with Crippen LogP contribution in [-0.4, -0.2) is 38.7 Å². The van der Waals surface area contributed by atoms with E-state index in [4.69, 9.17) is 21.1 Å². The highest BCUT2D eigenvalue weighted by Gasteiger charge is 2.04. The Balaban J connectivity index is 0.000000271. The van der Waals surface area contributed by atoms with Crippen LogP contribution in [0, 0.1) is 0 Å². The summed E-state index contributed by atoms with van der Waals surface area (Å²) in [4.78, 5) is 22.6. The number of nitrogens with one attached hydrogen (secondary N) is 1. The Morgan fingerprint density at radius 2 is 1.88 bits per heavy atom. The van der Waals surface area contributed by atoms with Crippen molar-refractivity contribution in [1.82, 2.24) is 5.32 Å². The fourth-order valence-corrected chi connectivity index (χ4v) is 2.70. The van der Waals surface area contributed by atoms with Gasteiger partial charge in [-0.1, -0.05) is 41.9 Å². The molecule has 5 nitrogen and oxygen atoms in total. The quantitative estimate of drug-likeness (QED) is 0.742. The minimum Gasteiger partial charge on any atom is -0.464 e. The van der Waals surface area contributed by atoms with Gasteiger partial charge < -0.3 is 14.8 Å². The number of amides is 1. The van der Waals surface area contributed by atoms with E-state index in [9.17, 15) is 9.59 Å². The summed E-state index contributed by atoms with van der Waals surface area (Å²) in [5.41, 5.74) is 1.17. The average Bonchev–Trinajstić information content (AvgIpc) is 3.07. The average molecular weight is 384 g/mol. The van der Waals surface area contributed by atoms with E-state index in [-0.39, 0.29) is 18.5 Å². The smallest absolute Gasteiger partial charge is 0.332 e. The highest BCUT2D eigenvalue weighted by molar-refractivity contribution is 7.17. The molecule has 1 amide bonds.